The number of nitrogens with one attached hydrogen (secondary N) is 2. The Labute approximate surface area is 176 Å². The molecule has 0 radical (unpaired) electrons. The number of nitrogens with zero attached hydrogens (tertiary/aromatic N) is 1. The smallest absolute Gasteiger partial charge is 0.320 e. The van der Waals surface area contributed by atoms with Crippen molar-refractivity contribution in [1.82, 2.24) is 9.88 Å². The van der Waals surface area contributed by atoms with Crippen molar-refractivity contribution in [2.24, 2.45) is 7.05 Å². The van der Waals surface area contributed by atoms with Gasteiger partial charge in [-0.15, -0.1) is 11.3 Å². The minimum atomic E-state index is -1.08. The van der Waals surface area contributed by atoms with Crippen molar-refractivity contribution in [2.45, 2.75) is 19.4 Å². The summed E-state index contributed by atoms with van der Waals surface area (Å²) in [5.74, 6) is -1.41. The summed E-state index contributed by atoms with van der Waals surface area (Å²) in [4.78, 5) is 37.7. The first-order chi connectivity index (χ1) is 14.3. The highest BCUT2D eigenvalue weighted by molar-refractivity contribution is 7.15. The molecule has 1 aromatic carbocycles. The Kier molecular flexibility index (Phi) is 6.22. The maximum absolute atomic E-state index is 12.5. The zero-order chi connectivity index (χ0) is 21.8. The fraction of sp³-hybridized carbons (Fsp3) is 0.190. The van der Waals surface area contributed by atoms with Crippen LogP contribution in [0.25, 0.3) is 10.4 Å². The van der Waals surface area contributed by atoms with Gasteiger partial charge in [0.05, 0.1) is 12.5 Å². The summed E-state index contributed by atoms with van der Waals surface area (Å²) in [5.41, 5.74) is 0.562. The molecule has 0 aliphatic rings. The molecule has 0 bridgehead atoms. The van der Waals surface area contributed by atoms with Crippen molar-refractivity contribution < 1.29 is 19.8 Å². The van der Waals surface area contributed by atoms with Crippen LogP contribution in [0.3, 0.4) is 0 Å². The molecule has 0 spiro atoms. The molecule has 2 heterocycles. The van der Waals surface area contributed by atoms with Crippen LogP contribution < -0.4 is 16.2 Å². The highest BCUT2D eigenvalue weighted by Gasteiger charge is 2.22. The molecule has 0 aliphatic heterocycles. The van der Waals surface area contributed by atoms with Crippen LogP contribution in [-0.2, 0) is 11.8 Å². The summed E-state index contributed by atoms with van der Waals surface area (Å²) in [6.45, 7) is 1.60. The number of aromatic hydroxyl groups is 1. The molecule has 8 nitrogen and oxygen atoms in total. The second-order valence-corrected chi connectivity index (χ2v) is 7.88. The third-order valence-corrected chi connectivity index (χ3v) is 5.73. The topological polar surface area (TPSA) is 121 Å². The monoisotopic (exact) mass is 427 g/mol. The second kappa shape index (κ2) is 8.83. The van der Waals surface area contributed by atoms with Crippen LogP contribution in [0.5, 0.6) is 5.75 Å². The number of anilines is 1. The Morgan fingerprint density at radius 3 is 2.53 bits per heavy atom. The van der Waals surface area contributed by atoms with Crippen LogP contribution in [0.4, 0.5) is 10.5 Å². The Bertz CT molecular complexity index is 1140. The summed E-state index contributed by atoms with van der Waals surface area (Å²) in [7, 11) is 1.50. The van der Waals surface area contributed by atoms with Crippen molar-refractivity contribution in [1.29, 1.82) is 0 Å². The Morgan fingerprint density at radius 1 is 1.17 bits per heavy atom. The molecule has 4 N–H and O–H groups in total. The quantitative estimate of drug-likeness (QED) is 0.480. The Morgan fingerprint density at radius 2 is 1.87 bits per heavy atom. The van der Waals surface area contributed by atoms with Crippen molar-refractivity contribution in [3.63, 3.8) is 0 Å². The number of benzene rings is 1. The summed E-state index contributed by atoms with van der Waals surface area (Å²) in [5, 5.41) is 24.3. The average Bonchev–Trinajstić information content (AvgIpc) is 3.20. The Hall–Kier alpha value is -3.59. The lowest BCUT2D eigenvalue weighted by Gasteiger charge is -2.17. The number of aliphatic carboxylic acids is 1. The van der Waals surface area contributed by atoms with E-state index in [0.717, 1.165) is 10.4 Å². The number of amides is 2. The largest absolute Gasteiger partial charge is 0.505 e. The molecular formula is C21H21N3O5S. The van der Waals surface area contributed by atoms with Gasteiger partial charge in [-0.05, 0) is 24.6 Å². The van der Waals surface area contributed by atoms with Gasteiger partial charge in [0.1, 0.15) is 5.75 Å². The first-order valence-electron chi connectivity index (χ1n) is 9.10. The van der Waals surface area contributed by atoms with Gasteiger partial charge < -0.3 is 25.4 Å². The number of pyridine rings is 1. The van der Waals surface area contributed by atoms with E-state index in [-0.39, 0.29) is 17.9 Å². The Balaban J connectivity index is 1.83. The van der Waals surface area contributed by atoms with E-state index in [1.807, 2.05) is 36.4 Å². The number of urea groups is 1. The molecule has 1 unspecified atom stereocenters. The van der Waals surface area contributed by atoms with E-state index in [1.54, 1.807) is 13.0 Å². The maximum atomic E-state index is 12.5. The summed E-state index contributed by atoms with van der Waals surface area (Å²) < 4.78 is 1.24. The number of carbonyl (C=O) groups excluding carboxylic acids is 1. The number of thiophene rings is 1. The van der Waals surface area contributed by atoms with Gasteiger partial charge in [0, 0.05) is 28.6 Å². The molecule has 2 aromatic heterocycles. The van der Waals surface area contributed by atoms with Crippen molar-refractivity contribution in [3.8, 4) is 16.2 Å². The minimum absolute atomic E-state index is 0.264. The predicted octanol–water partition coefficient (Wildman–Crippen LogP) is 3.47. The van der Waals surface area contributed by atoms with Gasteiger partial charge in [0.25, 0.3) is 5.56 Å². The number of hydrogen-bond acceptors (Lipinski definition) is 5. The van der Waals surface area contributed by atoms with Gasteiger partial charge in [0.15, 0.2) is 5.69 Å². The first-order valence-corrected chi connectivity index (χ1v) is 9.91. The molecule has 0 saturated carbocycles. The van der Waals surface area contributed by atoms with Crippen LogP contribution in [0.2, 0.25) is 0 Å². The lowest BCUT2D eigenvalue weighted by atomic mass is 10.1. The lowest BCUT2D eigenvalue weighted by Crippen LogP contribution is -2.35. The average molecular weight is 427 g/mol. The van der Waals surface area contributed by atoms with E-state index in [2.05, 4.69) is 10.6 Å². The normalized spacial score (nSPS) is 11.7. The highest BCUT2D eigenvalue weighted by Crippen LogP contribution is 2.32. The zero-order valence-electron chi connectivity index (χ0n) is 16.4. The van der Waals surface area contributed by atoms with Gasteiger partial charge in [0.2, 0.25) is 0 Å². The minimum Gasteiger partial charge on any atom is -0.505 e. The molecule has 0 saturated heterocycles. The summed E-state index contributed by atoms with van der Waals surface area (Å²) >= 11 is 1.37. The summed E-state index contributed by atoms with van der Waals surface area (Å²) in [6, 6.07) is 11.7. The number of aromatic nitrogens is 1. The lowest BCUT2D eigenvalue weighted by molar-refractivity contribution is -0.137. The second-order valence-electron chi connectivity index (χ2n) is 6.77. The first kappa shape index (κ1) is 21.1. The number of carbonyl (C=O) groups is 2. The number of carboxylic acid groups (broad SMARTS) is 1. The number of hydrogen-bond donors (Lipinski definition) is 4. The third-order valence-electron chi connectivity index (χ3n) is 4.48. The maximum Gasteiger partial charge on any atom is 0.320 e. The van der Waals surface area contributed by atoms with E-state index in [0.29, 0.717) is 10.4 Å². The molecule has 0 fully saturated rings. The molecule has 30 heavy (non-hydrogen) atoms. The van der Waals surface area contributed by atoms with Gasteiger partial charge >= 0.3 is 12.0 Å². The van der Waals surface area contributed by atoms with E-state index >= 15 is 0 Å². The zero-order valence-corrected chi connectivity index (χ0v) is 17.2. The van der Waals surface area contributed by atoms with E-state index < -0.39 is 23.6 Å². The fourth-order valence-corrected chi connectivity index (χ4v) is 4.07. The van der Waals surface area contributed by atoms with Crippen molar-refractivity contribution >= 4 is 29.0 Å². The molecule has 9 heteroatoms. The summed E-state index contributed by atoms with van der Waals surface area (Å²) in [6.07, 6.45) is 1.12. The van der Waals surface area contributed by atoms with Crippen LogP contribution in [-0.4, -0.2) is 26.8 Å². The van der Waals surface area contributed by atoms with Crippen LogP contribution in [0.15, 0.2) is 53.5 Å². The van der Waals surface area contributed by atoms with Gasteiger partial charge in [-0.3, -0.25) is 9.59 Å². The number of carboxylic acids is 1. The highest BCUT2D eigenvalue weighted by atomic mass is 32.1. The van der Waals surface area contributed by atoms with Gasteiger partial charge in [-0.1, -0.05) is 30.3 Å². The SMILES string of the molecule is Cc1cn(C)c(=O)c(NC(=O)NC(CC(=O)O)c2ccc(-c3ccccc3)s2)c1O. The van der Waals surface area contributed by atoms with Crippen LogP contribution in [0.1, 0.15) is 22.9 Å². The van der Waals surface area contributed by atoms with E-state index in [4.69, 9.17) is 0 Å². The van der Waals surface area contributed by atoms with E-state index in [9.17, 15) is 24.6 Å². The number of aryl methyl sites for hydroxylation is 2. The van der Waals surface area contributed by atoms with Gasteiger partial charge in [-0.2, -0.15) is 0 Å². The number of rotatable bonds is 6. The molecular weight excluding hydrogens is 406 g/mol. The third kappa shape index (κ3) is 4.69. The molecule has 156 valence electrons. The standard InChI is InChI=1S/C21H21N3O5S/c1-12-11-24(2)20(28)18(19(12)27)23-21(29)22-14(10-17(25)26)16-9-8-15(30-16)13-6-4-3-5-7-13/h3-9,11,14,27H,10H2,1-2H3,(H,25,26)(H2,22,23,29). The van der Waals surface area contributed by atoms with Crippen molar-refractivity contribution in [3.05, 3.63) is 69.5 Å². The molecule has 3 rings (SSSR count). The van der Waals surface area contributed by atoms with Gasteiger partial charge in [-0.25, -0.2) is 4.79 Å². The van der Waals surface area contributed by atoms with Crippen LogP contribution in [0, 0.1) is 6.92 Å². The predicted molar refractivity (Wildman–Crippen MR) is 115 cm³/mol. The molecule has 0 aliphatic carbocycles. The van der Waals surface area contributed by atoms with E-state index in [1.165, 1.54) is 29.1 Å². The van der Waals surface area contributed by atoms with Crippen LogP contribution >= 0.6 is 11.3 Å². The molecule has 1 atom stereocenters. The molecule has 3 aromatic rings. The van der Waals surface area contributed by atoms with Crippen molar-refractivity contribution in [2.75, 3.05) is 5.32 Å². The fourth-order valence-electron chi connectivity index (χ4n) is 3.00. The molecule has 2 amide bonds.